The minimum Gasteiger partial charge on any atom is -0.382 e. The standard InChI is InChI=1S/C21H21F4N3O2/c1-2-30-9-5-3-4-7-28-8-6-14-10-17(18(22)11-16(14)20(28)29)19-26-12-15(13-27-19)21(23,24)25/h6,8,10-13H,2-5,7,9H2,1H3. The van der Waals surface area contributed by atoms with E-state index in [4.69, 9.17) is 4.74 Å². The van der Waals surface area contributed by atoms with Crippen molar-refractivity contribution in [2.45, 2.75) is 38.9 Å². The molecule has 160 valence electrons. The highest BCUT2D eigenvalue weighted by molar-refractivity contribution is 5.85. The smallest absolute Gasteiger partial charge is 0.382 e. The number of pyridine rings is 1. The molecule has 30 heavy (non-hydrogen) atoms. The van der Waals surface area contributed by atoms with Gasteiger partial charge in [-0.15, -0.1) is 0 Å². The molecule has 0 bridgehead atoms. The first-order valence-electron chi connectivity index (χ1n) is 9.61. The van der Waals surface area contributed by atoms with Crippen molar-refractivity contribution in [2.24, 2.45) is 0 Å². The summed E-state index contributed by atoms with van der Waals surface area (Å²) in [5, 5.41) is 0.660. The number of aromatic nitrogens is 3. The van der Waals surface area contributed by atoms with Crippen LogP contribution in [0.4, 0.5) is 17.6 Å². The molecule has 0 saturated heterocycles. The largest absolute Gasteiger partial charge is 0.419 e. The van der Waals surface area contributed by atoms with Gasteiger partial charge < -0.3 is 9.30 Å². The quantitative estimate of drug-likeness (QED) is 0.385. The van der Waals surface area contributed by atoms with Crippen LogP contribution < -0.4 is 5.56 Å². The van der Waals surface area contributed by atoms with E-state index < -0.39 is 17.6 Å². The molecule has 0 N–H and O–H groups in total. The number of rotatable bonds is 8. The van der Waals surface area contributed by atoms with Gasteiger partial charge in [-0.3, -0.25) is 4.79 Å². The second-order valence-electron chi connectivity index (χ2n) is 6.78. The second-order valence-corrected chi connectivity index (χ2v) is 6.78. The summed E-state index contributed by atoms with van der Waals surface area (Å²) in [6.45, 7) is 3.80. The van der Waals surface area contributed by atoms with Crippen LogP contribution in [0.25, 0.3) is 22.2 Å². The summed E-state index contributed by atoms with van der Waals surface area (Å²) in [4.78, 5) is 19.9. The summed E-state index contributed by atoms with van der Waals surface area (Å²) < 4.78 is 59.4. The normalized spacial score (nSPS) is 11.9. The molecule has 3 rings (SSSR count). The van der Waals surface area contributed by atoms with Gasteiger partial charge in [0.15, 0.2) is 5.82 Å². The lowest BCUT2D eigenvalue weighted by atomic mass is 10.1. The molecule has 0 aliphatic carbocycles. The Hall–Kier alpha value is -2.81. The van der Waals surface area contributed by atoms with Crippen LogP contribution in [-0.2, 0) is 17.5 Å². The van der Waals surface area contributed by atoms with Crippen LogP contribution >= 0.6 is 0 Å². The maximum absolute atomic E-state index is 14.6. The lowest BCUT2D eigenvalue weighted by Gasteiger charge is -2.10. The van der Waals surface area contributed by atoms with Crippen molar-refractivity contribution in [1.82, 2.24) is 14.5 Å². The van der Waals surface area contributed by atoms with Crippen LogP contribution in [0.3, 0.4) is 0 Å². The number of alkyl halides is 3. The van der Waals surface area contributed by atoms with Crippen LogP contribution in [0.2, 0.25) is 0 Å². The number of hydrogen-bond donors (Lipinski definition) is 0. The predicted molar refractivity (Wildman–Crippen MR) is 105 cm³/mol. The first kappa shape index (κ1) is 21.9. The van der Waals surface area contributed by atoms with Crippen molar-refractivity contribution < 1.29 is 22.3 Å². The van der Waals surface area contributed by atoms with E-state index in [2.05, 4.69) is 9.97 Å². The molecule has 0 amide bonds. The summed E-state index contributed by atoms with van der Waals surface area (Å²) in [5.41, 5.74) is -1.41. The Morgan fingerprint density at radius 3 is 2.50 bits per heavy atom. The van der Waals surface area contributed by atoms with Gasteiger partial charge >= 0.3 is 6.18 Å². The number of aryl methyl sites for hydroxylation is 1. The summed E-state index contributed by atoms with van der Waals surface area (Å²) in [7, 11) is 0. The Morgan fingerprint density at radius 1 is 1.10 bits per heavy atom. The fraction of sp³-hybridized carbons (Fsp3) is 0.381. The van der Waals surface area contributed by atoms with Gasteiger partial charge in [0, 0.05) is 38.3 Å². The molecule has 0 spiro atoms. The predicted octanol–water partition coefficient (Wildman–Crippen LogP) is 4.82. The lowest BCUT2D eigenvalue weighted by Crippen LogP contribution is -2.19. The third-order valence-electron chi connectivity index (χ3n) is 4.68. The van der Waals surface area contributed by atoms with Gasteiger partial charge in [-0.2, -0.15) is 13.2 Å². The van der Waals surface area contributed by atoms with Crippen molar-refractivity contribution in [2.75, 3.05) is 13.2 Å². The first-order chi connectivity index (χ1) is 14.3. The Labute approximate surface area is 170 Å². The van der Waals surface area contributed by atoms with E-state index in [1.54, 1.807) is 12.3 Å². The summed E-state index contributed by atoms with van der Waals surface area (Å²) >= 11 is 0. The number of nitrogens with zero attached hydrogens (tertiary/aromatic N) is 3. The van der Waals surface area contributed by atoms with Crippen molar-refractivity contribution in [3.05, 3.63) is 58.5 Å². The third kappa shape index (κ3) is 5.02. The van der Waals surface area contributed by atoms with E-state index in [-0.39, 0.29) is 22.3 Å². The Bertz CT molecular complexity index is 1060. The van der Waals surface area contributed by atoms with Gasteiger partial charge in [-0.25, -0.2) is 14.4 Å². The number of unbranched alkanes of at least 4 members (excludes halogenated alkanes) is 2. The van der Waals surface area contributed by atoms with Crippen LogP contribution in [0.5, 0.6) is 0 Å². The minimum atomic E-state index is -4.57. The van der Waals surface area contributed by atoms with Crippen molar-refractivity contribution >= 4 is 10.8 Å². The topological polar surface area (TPSA) is 57.0 Å². The zero-order valence-corrected chi connectivity index (χ0v) is 16.4. The Balaban J connectivity index is 1.82. The third-order valence-corrected chi connectivity index (χ3v) is 4.68. The molecule has 0 unspecified atom stereocenters. The highest BCUT2D eigenvalue weighted by Gasteiger charge is 2.31. The zero-order valence-electron chi connectivity index (χ0n) is 16.4. The Kier molecular flexibility index (Phi) is 6.81. The van der Waals surface area contributed by atoms with E-state index in [1.165, 1.54) is 10.6 Å². The average molecular weight is 423 g/mol. The molecule has 0 saturated carbocycles. The minimum absolute atomic E-state index is 0.0655. The molecule has 2 aromatic heterocycles. The molecule has 1 aromatic carbocycles. The number of hydrogen-bond acceptors (Lipinski definition) is 4. The van der Waals surface area contributed by atoms with Crippen LogP contribution in [-0.4, -0.2) is 27.7 Å². The van der Waals surface area contributed by atoms with Gasteiger partial charge in [0.25, 0.3) is 5.56 Å². The van der Waals surface area contributed by atoms with Crippen molar-refractivity contribution in [1.29, 1.82) is 0 Å². The summed E-state index contributed by atoms with van der Waals surface area (Å²) in [6, 6.07) is 4.13. The molecule has 0 radical (unpaired) electrons. The number of ether oxygens (including phenoxy) is 1. The van der Waals surface area contributed by atoms with Crippen LogP contribution in [0.15, 0.2) is 41.6 Å². The Morgan fingerprint density at radius 2 is 1.83 bits per heavy atom. The molecule has 9 heteroatoms. The molecule has 0 aliphatic heterocycles. The first-order valence-corrected chi connectivity index (χ1v) is 9.61. The van der Waals surface area contributed by atoms with Gasteiger partial charge in [-0.05, 0) is 49.8 Å². The monoisotopic (exact) mass is 423 g/mol. The molecule has 5 nitrogen and oxygen atoms in total. The van der Waals surface area contributed by atoms with E-state index >= 15 is 0 Å². The lowest BCUT2D eigenvalue weighted by molar-refractivity contribution is -0.138. The highest BCUT2D eigenvalue weighted by atomic mass is 19.4. The van der Waals surface area contributed by atoms with Gasteiger partial charge in [-0.1, -0.05) is 0 Å². The molecular weight excluding hydrogens is 402 g/mol. The second kappa shape index (κ2) is 9.34. The molecule has 0 aliphatic rings. The van der Waals surface area contributed by atoms with E-state index in [9.17, 15) is 22.4 Å². The average Bonchev–Trinajstić information content (AvgIpc) is 2.71. The maximum Gasteiger partial charge on any atom is 0.419 e. The highest BCUT2D eigenvalue weighted by Crippen LogP contribution is 2.29. The van der Waals surface area contributed by atoms with Gasteiger partial charge in [0.1, 0.15) is 5.82 Å². The van der Waals surface area contributed by atoms with Crippen molar-refractivity contribution in [3.63, 3.8) is 0 Å². The van der Waals surface area contributed by atoms with Gasteiger partial charge in [0.2, 0.25) is 0 Å². The van der Waals surface area contributed by atoms with Crippen LogP contribution in [0.1, 0.15) is 31.7 Å². The number of halogens is 4. The van der Waals surface area contributed by atoms with Crippen LogP contribution in [0, 0.1) is 5.82 Å². The molecular formula is C21H21F4N3O2. The zero-order chi connectivity index (χ0) is 21.7. The molecule has 3 aromatic rings. The number of benzene rings is 1. The fourth-order valence-corrected chi connectivity index (χ4v) is 3.07. The van der Waals surface area contributed by atoms with E-state index in [0.717, 1.165) is 25.3 Å². The van der Waals surface area contributed by atoms with E-state index in [0.29, 0.717) is 37.5 Å². The molecule has 0 fully saturated rings. The fourth-order valence-electron chi connectivity index (χ4n) is 3.07. The summed E-state index contributed by atoms with van der Waals surface area (Å²) in [6.07, 6.45) is 0.866. The number of fused-ring (bicyclic) bond motifs is 1. The van der Waals surface area contributed by atoms with Gasteiger partial charge in [0.05, 0.1) is 16.5 Å². The van der Waals surface area contributed by atoms with Crippen molar-refractivity contribution in [3.8, 4) is 11.4 Å². The SMILES string of the molecule is CCOCCCCCn1ccc2cc(-c3ncc(C(F)(F)F)cn3)c(F)cc2c1=O. The molecule has 2 heterocycles. The molecule has 0 atom stereocenters. The summed E-state index contributed by atoms with van der Waals surface area (Å²) in [5.74, 6) is -0.949. The maximum atomic E-state index is 14.6. The van der Waals surface area contributed by atoms with E-state index in [1.807, 2.05) is 6.92 Å².